The van der Waals surface area contributed by atoms with E-state index in [9.17, 15) is 4.79 Å². The largest absolute Gasteiger partial charge is 0.349 e. The smallest absolute Gasteiger partial charge is 0.226 e. The Morgan fingerprint density at radius 1 is 1.42 bits per heavy atom. The highest BCUT2D eigenvalue weighted by atomic mass is 16.2. The van der Waals surface area contributed by atoms with Gasteiger partial charge in [0.05, 0.1) is 5.92 Å². The van der Waals surface area contributed by atoms with Gasteiger partial charge in [0.2, 0.25) is 5.91 Å². The van der Waals surface area contributed by atoms with Gasteiger partial charge in [0, 0.05) is 27.2 Å². The van der Waals surface area contributed by atoms with Gasteiger partial charge in [-0.2, -0.15) is 0 Å². The van der Waals surface area contributed by atoms with Gasteiger partial charge in [-0.05, 0) is 13.0 Å². The van der Waals surface area contributed by atoms with E-state index in [1.54, 1.807) is 4.90 Å². The van der Waals surface area contributed by atoms with Crippen molar-refractivity contribution < 1.29 is 4.79 Å². The fourth-order valence-electron chi connectivity index (χ4n) is 1.86. The molecule has 0 aliphatic carbocycles. The molecule has 1 saturated heterocycles. The van der Waals surface area contributed by atoms with Crippen LogP contribution in [-0.4, -0.2) is 49.9 Å². The highest BCUT2D eigenvalue weighted by Gasteiger charge is 2.33. The lowest BCUT2D eigenvalue weighted by molar-refractivity contribution is -0.133. The minimum atomic E-state index is 0.213. The summed E-state index contributed by atoms with van der Waals surface area (Å²) in [6.45, 7) is 4.11. The number of hydrogen-bond donors (Lipinski definition) is 0. The monoisotopic (exact) mass is 170 g/mol. The standard InChI is InChI=1S/C9H18N2O/c1-7-5-11(4)6-8(7)9(12)10(2)3/h7-8H,5-6H2,1-4H3. The predicted molar refractivity (Wildman–Crippen MR) is 48.8 cm³/mol. The van der Waals surface area contributed by atoms with E-state index >= 15 is 0 Å². The Balaban J connectivity index is 2.58. The van der Waals surface area contributed by atoms with Crippen LogP contribution in [0.1, 0.15) is 6.92 Å². The van der Waals surface area contributed by atoms with E-state index in [4.69, 9.17) is 0 Å². The summed E-state index contributed by atoms with van der Waals surface area (Å²) in [4.78, 5) is 15.5. The molecule has 2 atom stereocenters. The van der Waals surface area contributed by atoms with Gasteiger partial charge in [0.1, 0.15) is 0 Å². The zero-order valence-electron chi connectivity index (χ0n) is 8.37. The maximum atomic E-state index is 11.6. The van der Waals surface area contributed by atoms with Crippen molar-refractivity contribution in [1.82, 2.24) is 9.80 Å². The Morgan fingerprint density at radius 3 is 2.33 bits per heavy atom. The number of carbonyl (C=O) groups is 1. The first-order chi connectivity index (χ1) is 5.52. The molecule has 0 N–H and O–H groups in total. The van der Waals surface area contributed by atoms with E-state index in [0.29, 0.717) is 5.92 Å². The van der Waals surface area contributed by atoms with Crippen molar-refractivity contribution in [2.75, 3.05) is 34.2 Å². The molecular formula is C9H18N2O. The van der Waals surface area contributed by atoms with Crippen molar-refractivity contribution in [1.29, 1.82) is 0 Å². The quantitative estimate of drug-likeness (QED) is 0.564. The van der Waals surface area contributed by atoms with E-state index in [-0.39, 0.29) is 11.8 Å². The first-order valence-corrected chi connectivity index (χ1v) is 4.42. The number of hydrogen-bond acceptors (Lipinski definition) is 2. The van der Waals surface area contributed by atoms with E-state index in [1.807, 2.05) is 14.1 Å². The van der Waals surface area contributed by atoms with Crippen molar-refractivity contribution in [2.45, 2.75) is 6.92 Å². The van der Waals surface area contributed by atoms with Gasteiger partial charge in [-0.1, -0.05) is 6.92 Å². The lowest BCUT2D eigenvalue weighted by Crippen LogP contribution is -2.33. The maximum absolute atomic E-state index is 11.6. The molecule has 3 nitrogen and oxygen atoms in total. The molecule has 2 unspecified atom stereocenters. The fourth-order valence-corrected chi connectivity index (χ4v) is 1.86. The minimum Gasteiger partial charge on any atom is -0.349 e. The summed E-state index contributed by atoms with van der Waals surface area (Å²) in [6, 6.07) is 0. The molecule has 0 spiro atoms. The molecule has 1 amide bonds. The predicted octanol–water partition coefficient (Wildman–Crippen LogP) is 0.272. The van der Waals surface area contributed by atoms with Crippen LogP contribution >= 0.6 is 0 Å². The van der Waals surface area contributed by atoms with Gasteiger partial charge >= 0.3 is 0 Å². The first kappa shape index (κ1) is 9.52. The van der Waals surface area contributed by atoms with E-state index in [0.717, 1.165) is 13.1 Å². The van der Waals surface area contributed by atoms with Crippen LogP contribution in [-0.2, 0) is 4.79 Å². The number of nitrogens with zero attached hydrogens (tertiary/aromatic N) is 2. The van der Waals surface area contributed by atoms with Crippen molar-refractivity contribution >= 4 is 5.91 Å². The fraction of sp³-hybridized carbons (Fsp3) is 0.889. The number of rotatable bonds is 1. The van der Waals surface area contributed by atoms with Gasteiger partial charge in [0.15, 0.2) is 0 Å². The van der Waals surface area contributed by atoms with Crippen molar-refractivity contribution in [3.8, 4) is 0 Å². The number of amides is 1. The summed E-state index contributed by atoms with van der Waals surface area (Å²) in [5.74, 6) is 0.988. The van der Waals surface area contributed by atoms with Gasteiger partial charge in [-0.3, -0.25) is 4.79 Å². The Kier molecular flexibility index (Phi) is 2.73. The van der Waals surface area contributed by atoms with Crippen molar-refractivity contribution in [3.63, 3.8) is 0 Å². The first-order valence-electron chi connectivity index (χ1n) is 4.42. The summed E-state index contributed by atoms with van der Waals surface area (Å²) >= 11 is 0. The van der Waals surface area contributed by atoms with Crippen LogP contribution in [0.4, 0.5) is 0 Å². The second-order valence-corrected chi connectivity index (χ2v) is 4.04. The third-order valence-electron chi connectivity index (χ3n) is 2.55. The van der Waals surface area contributed by atoms with Gasteiger partial charge in [-0.15, -0.1) is 0 Å². The maximum Gasteiger partial charge on any atom is 0.226 e. The van der Waals surface area contributed by atoms with Crippen molar-refractivity contribution in [3.05, 3.63) is 0 Å². The molecule has 0 aromatic carbocycles. The second-order valence-electron chi connectivity index (χ2n) is 4.04. The average molecular weight is 170 g/mol. The molecule has 1 fully saturated rings. The zero-order valence-corrected chi connectivity index (χ0v) is 8.37. The molecular weight excluding hydrogens is 152 g/mol. The van der Waals surface area contributed by atoms with E-state index in [2.05, 4.69) is 18.9 Å². The molecule has 1 aliphatic heterocycles. The Hall–Kier alpha value is -0.570. The third kappa shape index (κ3) is 1.78. The van der Waals surface area contributed by atoms with Crippen molar-refractivity contribution in [2.24, 2.45) is 11.8 Å². The minimum absolute atomic E-state index is 0.213. The summed E-state index contributed by atoms with van der Waals surface area (Å²) < 4.78 is 0. The Labute approximate surface area is 74.3 Å². The molecule has 0 bridgehead atoms. The summed E-state index contributed by atoms with van der Waals surface area (Å²) in [5.41, 5.74) is 0. The van der Waals surface area contributed by atoms with E-state index < -0.39 is 0 Å². The van der Waals surface area contributed by atoms with Gasteiger partial charge < -0.3 is 9.80 Å². The SMILES string of the molecule is CC1CN(C)CC1C(=O)N(C)C. The highest BCUT2D eigenvalue weighted by molar-refractivity contribution is 5.79. The molecule has 0 aromatic rings. The Morgan fingerprint density at radius 2 is 2.00 bits per heavy atom. The normalized spacial score (nSPS) is 30.7. The van der Waals surface area contributed by atoms with Crippen LogP contribution in [0.5, 0.6) is 0 Å². The van der Waals surface area contributed by atoms with Crippen LogP contribution in [0, 0.1) is 11.8 Å². The molecule has 0 saturated carbocycles. The molecule has 0 radical (unpaired) electrons. The van der Waals surface area contributed by atoms with E-state index in [1.165, 1.54) is 0 Å². The zero-order chi connectivity index (χ0) is 9.30. The average Bonchev–Trinajstić information content (AvgIpc) is 2.28. The van der Waals surface area contributed by atoms with Crippen LogP contribution < -0.4 is 0 Å². The topological polar surface area (TPSA) is 23.6 Å². The van der Waals surface area contributed by atoms with Gasteiger partial charge in [0.25, 0.3) is 0 Å². The van der Waals surface area contributed by atoms with Crippen LogP contribution in [0.15, 0.2) is 0 Å². The molecule has 12 heavy (non-hydrogen) atoms. The van der Waals surface area contributed by atoms with Crippen LogP contribution in [0.3, 0.4) is 0 Å². The second kappa shape index (κ2) is 3.44. The summed E-state index contributed by atoms with van der Waals surface area (Å²) in [6.07, 6.45) is 0. The summed E-state index contributed by atoms with van der Waals surface area (Å²) in [5, 5.41) is 0. The molecule has 70 valence electrons. The highest BCUT2D eigenvalue weighted by Crippen LogP contribution is 2.22. The molecule has 1 rings (SSSR count). The molecule has 1 aliphatic rings. The molecule has 0 aromatic heterocycles. The lowest BCUT2D eigenvalue weighted by atomic mass is 9.97. The Bertz CT molecular complexity index is 179. The lowest BCUT2D eigenvalue weighted by Gasteiger charge is -2.18. The molecule has 1 heterocycles. The van der Waals surface area contributed by atoms with Crippen LogP contribution in [0.25, 0.3) is 0 Å². The number of carbonyl (C=O) groups excluding carboxylic acids is 1. The third-order valence-corrected chi connectivity index (χ3v) is 2.55. The summed E-state index contributed by atoms with van der Waals surface area (Å²) in [7, 11) is 5.72. The van der Waals surface area contributed by atoms with Gasteiger partial charge in [-0.25, -0.2) is 0 Å². The van der Waals surface area contributed by atoms with Crippen LogP contribution in [0.2, 0.25) is 0 Å². The molecule has 3 heteroatoms. The number of likely N-dealkylation sites (tertiary alicyclic amines) is 1.